The van der Waals surface area contributed by atoms with Crippen LogP contribution >= 0.6 is 15.9 Å². The summed E-state index contributed by atoms with van der Waals surface area (Å²) in [4.78, 5) is 12.4. The largest absolute Gasteiger partial charge is 0.453 e. The van der Waals surface area contributed by atoms with Crippen molar-refractivity contribution in [2.75, 3.05) is 0 Å². The van der Waals surface area contributed by atoms with Gasteiger partial charge >= 0.3 is 0 Å². The number of hydrogen-bond donors (Lipinski definition) is 0. The van der Waals surface area contributed by atoms with Crippen molar-refractivity contribution in [1.82, 2.24) is 0 Å². The lowest BCUT2D eigenvalue weighted by Gasteiger charge is -2.01. The first kappa shape index (κ1) is 13.1. The van der Waals surface area contributed by atoms with E-state index in [1.807, 2.05) is 13.0 Å². The second kappa shape index (κ2) is 4.87. The van der Waals surface area contributed by atoms with Gasteiger partial charge in [0.1, 0.15) is 11.4 Å². The van der Waals surface area contributed by atoms with Crippen LogP contribution in [0.25, 0.3) is 11.0 Å². The van der Waals surface area contributed by atoms with Crippen LogP contribution in [0.2, 0.25) is 0 Å². The summed E-state index contributed by atoms with van der Waals surface area (Å²) in [6, 6.07) is 11.1. The quantitative estimate of drug-likeness (QED) is 0.626. The van der Waals surface area contributed by atoms with Gasteiger partial charge in [-0.15, -0.1) is 0 Å². The Hall–Kier alpha value is -1.94. The molecule has 3 rings (SSSR count). The van der Waals surface area contributed by atoms with E-state index in [0.29, 0.717) is 16.5 Å². The molecule has 0 aliphatic carbocycles. The van der Waals surface area contributed by atoms with Gasteiger partial charge in [-0.2, -0.15) is 0 Å². The highest BCUT2D eigenvalue weighted by Crippen LogP contribution is 2.24. The van der Waals surface area contributed by atoms with Crippen molar-refractivity contribution < 1.29 is 13.6 Å². The standard InChI is InChI=1S/C16H10BrFO2/c1-9-2-3-10(7-13(9)17)16(19)15-8-11-6-12(18)4-5-14(11)20-15/h2-8H,1H3. The summed E-state index contributed by atoms with van der Waals surface area (Å²) in [5.41, 5.74) is 2.08. The minimum Gasteiger partial charge on any atom is -0.453 e. The van der Waals surface area contributed by atoms with E-state index in [9.17, 15) is 9.18 Å². The fourth-order valence-electron chi connectivity index (χ4n) is 2.00. The van der Waals surface area contributed by atoms with E-state index in [1.54, 1.807) is 18.2 Å². The highest BCUT2D eigenvalue weighted by Gasteiger charge is 2.15. The second-order valence-electron chi connectivity index (χ2n) is 4.59. The van der Waals surface area contributed by atoms with Gasteiger partial charge in [0.2, 0.25) is 5.78 Å². The monoisotopic (exact) mass is 332 g/mol. The van der Waals surface area contributed by atoms with Gasteiger partial charge in [-0.3, -0.25) is 4.79 Å². The summed E-state index contributed by atoms with van der Waals surface area (Å²) in [7, 11) is 0. The normalized spacial score (nSPS) is 10.9. The number of aryl methyl sites for hydroxylation is 1. The van der Waals surface area contributed by atoms with Gasteiger partial charge in [-0.25, -0.2) is 4.39 Å². The van der Waals surface area contributed by atoms with Gasteiger partial charge in [-0.1, -0.05) is 28.1 Å². The van der Waals surface area contributed by atoms with E-state index in [0.717, 1.165) is 10.0 Å². The lowest BCUT2D eigenvalue weighted by Crippen LogP contribution is -1.99. The van der Waals surface area contributed by atoms with Crippen LogP contribution in [0.3, 0.4) is 0 Å². The van der Waals surface area contributed by atoms with E-state index in [-0.39, 0.29) is 17.4 Å². The third kappa shape index (κ3) is 2.27. The number of rotatable bonds is 2. The second-order valence-corrected chi connectivity index (χ2v) is 5.44. The van der Waals surface area contributed by atoms with Crippen LogP contribution in [0.5, 0.6) is 0 Å². The average Bonchev–Trinajstić information content (AvgIpc) is 2.84. The van der Waals surface area contributed by atoms with E-state index >= 15 is 0 Å². The molecule has 2 nitrogen and oxygen atoms in total. The minimum absolute atomic E-state index is 0.210. The molecule has 4 heteroatoms. The maximum absolute atomic E-state index is 13.1. The highest BCUT2D eigenvalue weighted by molar-refractivity contribution is 9.10. The molecule has 1 aromatic heterocycles. The van der Waals surface area contributed by atoms with E-state index < -0.39 is 0 Å². The first-order valence-corrected chi connectivity index (χ1v) is 6.84. The highest BCUT2D eigenvalue weighted by atomic mass is 79.9. The summed E-state index contributed by atoms with van der Waals surface area (Å²) in [5, 5.41) is 0.583. The maximum Gasteiger partial charge on any atom is 0.228 e. The van der Waals surface area contributed by atoms with Crippen LogP contribution < -0.4 is 0 Å². The fourth-order valence-corrected chi connectivity index (χ4v) is 2.38. The van der Waals surface area contributed by atoms with Crippen molar-refractivity contribution in [2.24, 2.45) is 0 Å². The van der Waals surface area contributed by atoms with Crippen LogP contribution in [0.15, 0.2) is 51.4 Å². The topological polar surface area (TPSA) is 30.2 Å². The molecule has 0 N–H and O–H groups in total. The van der Waals surface area contributed by atoms with E-state index in [1.165, 1.54) is 18.2 Å². The van der Waals surface area contributed by atoms with Crippen molar-refractivity contribution in [2.45, 2.75) is 6.92 Å². The third-order valence-electron chi connectivity index (χ3n) is 3.14. The van der Waals surface area contributed by atoms with Crippen molar-refractivity contribution >= 4 is 32.7 Å². The molecule has 0 aliphatic heterocycles. The Bertz CT molecular complexity index is 820. The van der Waals surface area contributed by atoms with Crippen LogP contribution in [0.4, 0.5) is 4.39 Å². The Balaban J connectivity index is 2.05. The molecular formula is C16H10BrFO2. The summed E-state index contributed by atoms with van der Waals surface area (Å²) in [5.74, 6) is -0.362. The Morgan fingerprint density at radius 1 is 1.15 bits per heavy atom. The summed E-state index contributed by atoms with van der Waals surface area (Å²) < 4.78 is 19.5. The molecule has 0 bridgehead atoms. The first-order chi connectivity index (χ1) is 9.54. The Kier molecular flexibility index (Phi) is 3.18. The first-order valence-electron chi connectivity index (χ1n) is 6.04. The third-order valence-corrected chi connectivity index (χ3v) is 3.99. The molecule has 0 amide bonds. The Morgan fingerprint density at radius 2 is 1.95 bits per heavy atom. The molecule has 0 unspecified atom stereocenters. The summed E-state index contributed by atoms with van der Waals surface area (Å²) in [6.07, 6.45) is 0. The molecule has 0 spiro atoms. The molecule has 0 saturated carbocycles. The van der Waals surface area contributed by atoms with Gasteiger partial charge in [0, 0.05) is 15.4 Å². The molecular weight excluding hydrogens is 323 g/mol. The van der Waals surface area contributed by atoms with Gasteiger partial charge in [-0.05, 0) is 42.8 Å². The molecule has 0 aliphatic rings. The number of fused-ring (bicyclic) bond motifs is 1. The lowest BCUT2D eigenvalue weighted by molar-refractivity contribution is 0.101. The maximum atomic E-state index is 13.1. The smallest absolute Gasteiger partial charge is 0.228 e. The van der Waals surface area contributed by atoms with Crippen LogP contribution in [0.1, 0.15) is 21.7 Å². The molecule has 0 radical (unpaired) electrons. The van der Waals surface area contributed by atoms with Crippen molar-refractivity contribution in [3.63, 3.8) is 0 Å². The molecule has 0 fully saturated rings. The molecule has 0 atom stereocenters. The molecule has 0 saturated heterocycles. The average molecular weight is 333 g/mol. The number of halogens is 2. The van der Waals surface area contributed by atoms with Gasteiger partial charge < -0.3 is 4.42 Å². The zero-order chi connectivity index (χ0) is 14.3. The number of ketones is 1. The number of carbonyl (C=O) groups excluding carboxylic acids is 1. The number of furan rings is 1. The Labute approximate surface area is 123 Å². The van der Waals surface area contributed by atoms with E-state index in [4.69, 9.17) is 4.42 Å². The number of benzene rings is 2. The molecule has 20 heavy (non-hydrogen) atoms. The zero-order valence-corrected chi connectivity index (χ0v) is 12.2. The summed E-state index contributed by atoms with van der Waals surface area (Å²) >= 11 is 3.40. The molecule has 2 aromatic carbocycles. The molecule has 100 valence electrons. The summed E-state index contributed by atoms with van der Waals surface area (Å²) in [6.45, 7) is 1.95. The van der Waals surface area contributed by atoms with Crippen LogP contribution in [-0.2, 0) is 0 Å². The number of hydrogen-bond acceptors (Lipinski definition) is 2. The predicted molar refractivity (Wildman–Crippen MR) is 78.5 cm³/mol. The van der Waals surface area contributed by atoms with Crippen LogP contribution in [0, 0.1) is 12.7 Å². The molecule has 1 heterocycles. The van der Waals surface area contributed by atoms with Gasteiger partial charge in [0.05, 0.1) is 0 Å². The Morgan fingerprint density at radius 3 is 2.70 bits per heavy atom. The van der Waals surface area contributed by atoms with Crippen LogP contribution in [-0.4, -0.2) is 5.78 Å². The number of carbonyl (C=O) groups is 1. The van der Waals surface area contributed by atoms with Crippen molar-refractivity contribution in [3.05, 3.63) is 69.6 Å². The fraction of sp³-hybridized carbons (Fsp3) is 0.0625. The van der Waals surface area contributed by atoms with Gasteiger partial charge in [0.15, 0.2) is 5.76 Å². The zero-order valence-electron chi connectivity index (χ0n) is 10.6. The van der Waals surface area contributed by atoms with Crippen molar-refractivity contribution in [3.8, 4) is 0 Å². The van der Waals surface area contributed by atoms with Crippen molar-refractivity contribution in [1.29, 1.82) is 0 Å². The van der Waals surface area contributed by atoms with E-state index in [2.05, 4.69) is 15.9 Å². The lowest BCUT2D eigenvalue weighted by atomic mass is 10.1. The molecule has 3 aromatic rings. The minimum atomic E-state index is -0.352. The SMILES string of the molecule is Cc1ccc(C(=O)c2cc3cc(F)ccc3o2)cc1Br. The predicted octanol–water partition coefficient (Wildman–Crippen LogP) is 4.87. The van der Waals surface area contributed by atoms with Gasteiger partial charge in [0.25, 0.3) is 0 Å².